The highest BCUT2D eigenvalue weighted by atomic mass is 127. The minimum absolute atomic E-state index is 0. The molecule has 1 aromatic rings. The van der Waals surface area contributed by atoms with Crippen molar-refractivity contribution in [3.63, 3.8) is 0 Å². The van der Waals surface area contributed by atoms with Crippen LogP contribution in [0.1, 0.15) is 30.0 Å². The maximum atomic E-state index is 11.1. The summed E-state index contributed by atoms with van der Waals surface area (Å²) >= 11 is 1.65. The van der Waals surface area contributed by atoms with Crippen LogP contribution in [-0.4, -0.2) is 41.9 Å². The van der Waals surface area contributed by atoms with Crippen molar-refractivity contribution in [2.24, 2.45) is 16.6 Å². The summed E-state index contributed by atoms with van der Waals surface area (Å²) in [5.74, 6) is 0.983. The van der Waals surface area contributed by atoms with Crippen LogP contribution in [0.3, 0.4) is 0 Å². The van der Waals surface area contributed by atoms with E-state index >= 15 is 0 Å². The molecule has 0 aromatic carbocycles. The molecule has 1 aliphatic rings. The van der Waals surface area contributed by atoms with Gasteiger partial charge in [0, 0.05) is 37.6 Å². The van der Waals surface area contributed by atoms with Gasteiger partial charge in [-0.15, -0.1) is 35.3 Å². The van der Waals surface area contributed by atoms with E-state index in [2.05, 4.69) is 20.2 Å². The molecule has 22 heavy (non-hydrogen) atoms. The summed E-state index contributed by atoms with van der Waals surface area (Å²) in [6.07, 6.45) is 2.58. The molecule has 1 aliphatic heterocycles. The minimum atomic E-state index is -0.219. The maximum Gasteiger partial charge on any atom is 0.217 e. The van der Waals surface area contributed by atoms with Gasteiger partial charge in [-0.1, -0.05) is 0 Å². The quantitative estimate of drug-likeness (QED) is 0.427. The largest absolute Gasteiger partial charge is 0.370 e. The van der Waals surface area contributed by atoms with E-state index in [1.54, 1.807) is 18.4 Å². The second-order valence-corrected chi connectivity index (χ2v) is 6.35. The molecule has 2 heterocycles. The number of halogens is 1. The van der Waals surface area contributed by atoms with Crippen molar-refractivity contribution in [3.8, 4) is 0 Å². The lowest BCUT2D eigenvalue weighted by molar-refractivity contribution is -0.119. The molecule has 1 atom stereocenters. The number of likely N-dealkylation sites (tertiary alicyclic amines) is 1. The monoisotopic (exact) mass is 437 g/mol. The normalized spacial score (nSPS) is 18.7. The van der Waals surface area contributed by atoms with Crippen molar-refractivity contribution in [2.45, 2.75) is 32.7 Å². The third kappa shape index (κ3) is 5.71. The van der Waals surface area contributed by atoms with Crippen LogP contribution in [0.15, 0.2) is 10.4 Å². The Hall–Kier alpha value is -0.900. The zero-order chi connectivity index (χ0) is 15.2. The van der Waals surface area contributed by atoms with Crippen LogP contribution < -0.4 is 11.1 Å². The van der Waals surface area contributed by atoms with Crippen LogP contribution in [0.25, 0.3) is 0 Å². The van der Waals surface area contributed by atoms with Gasteiger partial charge in [0.05, 0.1) is 6.54 Å². The van der Waals surface area contributed by atoms with Gasteiger partial charge in [0.15, 0.2) is 5.96 Å². The number of aliphatic imine (C=N–C) groups is 1. The highest BCUT2D eigenvalue weighted by Crippen LogP contribution is 2.19. The zero-order valence-corrected chi connectivity index (χ0v) is 16.2. The standard InChI is InChI=1S/C14H23N5OS.HI/c1-10-9-21-13(18-10)7-17-14(16-2)19-5-3-4-11(8-19)6-12(15)20;/h9,11H,3-8H2,1-2H3,(H2,15,20)(H,16,17);1H. The number of nitrogens with two attached hydrogens (primary N) is 1. The maximum absolute atomic E-state index is 11.1. The molecule has 0 radical (unpaired) electrons. The smallest absolute Gasteiger partial charge is 0.217 e. The average molecular weight is 437 g/mol. The van der Waals surface area contributed by atoms with Gasteiger partial charge in [0.2, 0.25) is 5.91 Å². The first-order chi connectivity index (χ1) is 10.1. The molecule has 1 fully saturated rings. The van der Waals surface area contributed by atoms with E-state index in [-0.39, 0.29) is 29.9 Å². The number of nitrogens with zero attached hydrogens (tertiary/aromatic N) is 3. The van der Waals surface area contributed by atoms with Gasteiger partial charge in [-0.2, -0.15) is 0 Å². The van der Waals surface area contributed by atoms with Gasteiger partial charge >= 0.3 is 0 Å². The molecule has 6 nitrogen and oxygen atoms in total. The number of rotatable bonds is 4. The van der Waals surface area contributed by atoms with Crippen LogP contribution in [0.5, 0.6) is 0 Å². The number of thiazole rings is 1. The predicted octanol–water partition coefficient (Wildman–Crippen LogP) is 1.73. The second-order valence-electron chi connectivity index (χ2n) is 5.41. The Morgan fingerprint density at radius 1 is 1.64 bits per heavy atom. The number of nitrogens with one attached hydrogen (secondary N) is 1. The van der Waals surface area contributed by atoms with Gasteiger partial charge in [-0.3, -0.25) is 9.79 Å². The molecule has 1 saturated heterocycles. The van der Waals surface area contributed by atoms with E-state index in [0.29, 0.717) is 18.9 Å². The molecule has 1 unspecified atom stereocenters. The van der Waals surface area contributed by atoms with Crippen LogP contribution in [0, 0.1) is 12.8 Å². The van der Waals surface area contributed by atoms with Gasteiger partial charge in [0.1, 0.15) is 5.01 Å². The van der Waals surface area contributed by atoms with Gasteiger partial charge in [-0.05, 0) is 25.7 Å². The third-order valence-electron chi connectivity index (χ3n) is 3.58. The molecule has 1 aromatic heterocycles. The molecule has 0 saturated carbocycles. The lowest BCUT2D eigenvalue weighted by Crippen LogP contribution is -2.46. The van der Waals surface area contributed by atoms with Crippen molar-refractivity contribution in [1.82, 2.24) is 15.2 Å². The average Bonchev–Trinajstić information content (AvgIpc) is 2.85. The Balaban J connectivity index is 0.00000242. The Morgan fingerprint density at radius 2 is 2.41 bits per heavy atom. The number of guanidine groups is 1. The highest BCUT2D eigenvalue weighted by molar-refractivity contribution is 14.0. The van der Waals surface area contributed by atoms with E-state index in [4.69, 9.17) is 5.73 Å². The Kier molecular flexibility index (Phi) is 8.08. The first-order valence-corrected chi connectivity index (χ1v) is 8.11. The van der Waals surface area contributed by atoms with E-state index < -0.39 is 0 Å². The lowest BCUT2D eigenvalue weighted by atomic mass is 9.95. The number of aromatic nitrogens is 1. The SMILES string of the molecule is CN=C(NCc1nc(C)cs1)N1CCCC(CC(N)=O)C1.I. The molecule has 1 amide bonds. The molecular weight excluding hydrogens is 413 g/mol. The zero-order valence-electron chi connectivity index (χ0n) is 13.0. The van der Waals surface area contributed by atoms with Crippen molar-refractivity contribution in [1.29, 1.82) is 0 Å². The summed E-state index contributed by atoms with van der Waals surface area (Å²) in [5.41, 5.74) is 6.35. The Bertz CT molecular complexity index is 519. The number of carbonyl (C=O) groups is 1. The molecule has 0 aliphatic carbocycles. The Labute approximate surface area is 152 Å². The van der Waals surface area contributed by atoms with E-state index in [1.165, 1.54) is 0 Å². The summed E-state index contributed by atoms with van der Waals surface area (Å²) in [4.78, 5) is 22.1. The molecular formula is C14H24IN5OS. The lowest BCUT2D eigenvalue weighted by Gasteiger charge is -2.34. The fourth-order valence-corrected chi connectivity index (χ4v) is 3.39. The van der Waals surface area contributed by atoms with Gasteiger partial charge in [0.25, 0.3) is 0 Å². The van der Waals surface area contributed by atoms with Crippen molar-refractivity contribution >= 4 is 47.2 Å². The molecule has 124 valence electrons. The van der Waals surface area contributed by atoms with Gasteiger partial charge in [-0.25, -0.2) is 4.98 Å². The first-order valence-electron chi connectivity index (χ1n) is 7.23. The second kappa shape index (κ2) is 9.29. The molecule has 3 N–H and O–H groups in total. The summed E-state index contributed by atoms with van der Waals surface area (Å²) in [7, 11) is 1.78. The summed E-state index contributed by atoms with van der Waals surface area (Å²) in [6, 6.07) is 0. The van der Waals surface area contributed by atoms with Gasteiger partial charge < -0.3 is 16.0 Å². The number of hydrogen-bond acceptors (Lipinski definition) is 4. The van der Waals surface area contributed by atoms with Crippen LogP contribution >= 0.6 is 35.3 Å². The number of primary amides is 1. The fourth-order valence-electron chi connectivity index (χ4n) is 2.68. The van der Waals surface area contributed by atoms with Crippen LogP contribution in [0.4, 0.5) is 0 Å². The number of amides is 1. The fraction of sp³-hybridized carbons (Fsp3) is 0.643. The van der Waals surface area contributed by atoms with Crippen LogP contribution in [0.2, 0.25) is 0 Å². The molecule has 8 heteroatoms. The predicted molar refractivity (Wildman–Crippen MR) is 101 cm³/mol. The van der Waals surface area contributed by atoms with E-state index in [9.17, 15) is 4.79 Å². The first kappa shape index (κ1) is 19.1. The van der Waals surface area contributed by atoms with Crippen molar-refractivity contribution in [2.75, 3.05) is 20.1 Å². The number of hydrogen-bond donors (Lipinski definition) is 2. The van der Waals surface area contributed by atoms with Crippen LogP contribution in [-0.2, 0) is 11.3 Å². The number of carbonyl (C=O) groups excluding carboxylic acids is 1. The third-order valence-corrected chi connectivity index (χ3v) is 4.55. The van der Waals surface area contributed by atoms with E-state index in [0.717, 1.165) is 42.6 Å². The number of aryl methyl sites for hydroxylation is 1. The number of piperidine rings is 1. The minimum Gasteiger partial charge on any atom is -0.370 e. The van der Waals surface area contributed by atoms with Crippen molar-refractivity contribution in [3.05, 3.63) is 16.1 Å². The molecule has 2 rings (SSSR count). The molecule has 0 bridgehead atoms. The Morgan fingerprint density at radius 3 is 3.00 bits per heavy atom. The topological polar surface area (TPSA) is 83.6 Å². The van der Waals surface area contributed by atoms with E-state index in [1.807, 2.05) is 12.3 Å². The summed E-state index contributed by atoms with van der Waals surface area (Å²) in [5, 5.41) is 6.45. The summed E-state index contributed by atoms with van der Waals surface area (Å²) < 4.78 is 0. The highest BCUT2D eigenvalue weighted by Gasteiger charge is 2.23. The summed E-state index contributed by atoms with van der Waals surface area (Å²) in [6.45, 7) is 4.47. The van der Waals surface area contributed by atoms with Crippen molar-refractivity contribution < 1.29 is 4.79 Å². The molecule has 0 spiro atoms.